The molecule has 1 amide bonds. The zero-order valence-corrected chi connectivity index (χ0v) is 12.0. The van der Waals surface area contributed by atoms with Crippen LogP contribution >= 0.6 is 0 Å². The molecule has 0 fully saturated rings. The third-order valence-electron chi connectivity index (χ3n) is 3.22. The van der Waals surface area contributed by atoms with Gasteiger partial charge in [0.15, 0.2) is 0 Å². The number of benzene rings is 2. The molecule has 0 aromatic heterocycles. The van der Waals surface area contributed by atoms with Gasteiger partial charge in [-0.05, 0) is 43.3 Å². The van der Waals surface area contributed by atoms with E-state index in [0.29, 0.717) is 29.2 Å². The fourth-order valence-electron chi connectivity index (χ4n) is 2.12. The molecule has 0 heterocycles. The third-order valence-corrected chi connectivity index (χ3v) is 3.22. The number of halogens is 1. The summed E-state index contributed by atoms with van der Waals surface area (Å²) in [7, 11) is 1.50. The quantitative estimate of drug-likeness (QED) is 0.880. The average Bonchev–Trinajstić information content (AvgIpc) is 2.50. The summed E-state index contributed by atoms with van der Waals surface area (Å²) in [6.07, 6.45) is 0. The van der Waals surface area contributed by atoms with Crippen LogP contribution in [0.1, 0.15) is 17.3 Å². The number of hydrogen-bond acceptors (Lipinski definition) is 3. The summed E-state index contributed by atoms with van der Waals surface area (Å²) >= 11 is 0. The number of ether oxygens (including phenoxy) is 1. The van der Waals surface area contributed by atoms with Gasteiger partial charge in [0.2, 0.25) is 0 Å². The SMILES string of the molecule is CCN(C(=O)c1cccc(OC)c1N)c1ccc(F)cc1. The van der Waals surface area contributed by atoms with Crippen molar-refractivity contribution in [1.29, 1.82) is 0 Å². The van der Waals surface area contributed by atoms with Crippen molar-refractivity contribution in [2.24, 2.45) is 0 Å². The Labute approximate surface area is 122 Å². The summed E-state index contributed by atoms with van der Waals surface area (Å²) in [4.78, 5) is 14.2. The van der Waals surface area contributed by atoms with Crippen LogP contribution in [0.3, 0.4) is 0 Å². The molecule has 0 saturated heterocycles. The van der Waals surface area contributed by atoms with E-state index in [1.165, 1.54) is 24.1 Å². The van der Waals surface area contributed by atoms with Crippen LogP contribution in [0.2, 0.25) is 0 Å². The fraction of sp³-hybridized carbons (Fsp3) is 0.188. The van der Waals surface area contributed by atoms with E-state index in [2.05, 4.69) is 0 Å². The highest BCUT2D eigenvalue weighted by Crippen LogP contribution is 2.27. The van der Waals surface area contributed by atoms with Crippen LogP contribution in [0.25, 0.3) is 0 Å². The molecule has 0 spiro atoms. The summed E-state index contributed by atoms with van der Waals surface area (Å²) < 4.78 is 18.1. The smallest absolute Gasteiger partial charge is 0.260 e. The monoisotopic (exact) mass is 288 g/mol. The molecule has 110 valence electrons. The molecule has 0 atom stereocenters. The summed E-state index contributed by atoms with van der Waals surface area (Å²) in [5.41, 5.74) is 7.23. The Hall–Kier alpha value is -2.56. The molecule has 5 heteroatoms. The first-order chi connectivity index (χ1) is 10.1. The van der Waals surface area contributed by atoms with Crippen molar-refractivity contribution in [3.8, 4) is 5.75 Å². The van der Waals surface area contributed by atoms with Gasteiger partial charge in [-0.2, -0.15) is 0 Å². The molecule has 4 nitrogen and oxygen atoms in total. The van der Waals surface area contributed by atoms with E-state index in [1.807, 2.05) is 6.92 Å². The van der Waals surface area contributed by atoms with Crippen molar-refractivity contribution < 1.29 is 13.9 Å². The van der Waals surface area contributed by atoms with Gasteiger partial charge in [0.25, 0.3) is 5.91 Å². The van der Waals surface area contributed by atoms with E-state index in [0.717, 1.165) is 0 Å². The lowest BCUT2D eigenvalue weighted by Gasteiger charge is -2.22. The Morgan fingerprint density at radius 1 is 1.24 bits per heavy atom. The molecule has 0 aliphatic heterocycles. The standard InChI is InChI=1S/C16H17FN2O2/c1-3-19(12-9-7-11(17)8-10-12)16(20)13-5-4-6-14(21-2)15(13)18/h4-10H,3,18H2,1-2H3. The van der Waals surface area contributed by atoms with E-state index in [4.69, 9.17) is 10.5 Å². The van der Waals surface area contributed by atoms with Crippen LogP contribution in [0.4, 0.5) is 15.8 Å². The molecule has 2 N–H and O–H groups in total. The number of carbonyl (C=O) groups excluding carboxylic acids is 1. The van der Waals surface area contributed by atoms with Crippen molar-refractivity contribution in [2.45, 2.75) is 6.92 Å². The number of hydrogen-bond donors (Lipinski definition) is 1. The molecule has 2 aromatic carbocycles. The lowest BCUT2D eigenvalue weighted by molar-refractivity contribution is 0.0989. The molecular weight excluding hydrogens is 271 g/mol. The Kier molecular flexibility index (Phi) is 4.42. The van der Waals surface area contributed by atoms with Crippen LogP contribution in [0.15, 0.2) is 42.5 Å². The van der Waals surface area contributed by atoms with Gasteiger partial charge in [-0.25, -0.2) is 4.39 Å². The average molecular weight is 288 g/mol. The summed E-state index contributed by atoms with van der Waals surface area (Å²) in [6.45, 7) is 2.29. The highest BCUT2D eigenvalue weighted by atomic mass is 19.1. The Balaban J connectivity index is 2.39. The maximum absolute atomic E-state index is 13.0. The van der Waals surface area contributed by atoms with Gasteiger partial charge in [0.1, 0.15) is 11.6 Å². The van der Waals surface area contributed by atoms with Crippen molar-refractivity contribution in [3.05, 3.63) is 53.8 Å². The van der Waals surface area contributed by atoms with Crippen LogP contribution in [-0.2, 0) is 0 Å². The minimum Gasteiger partial charge on any atom is -0.495 e. The van der Waals surface area contributed by atoms with Gasteiger partial charge < -0.3 is 15.4 Å². The van der Waals surface area contributed by atoms with E-state index < -0.39 is 0 Å². The van der Waals surface area contributed by atoms with Gasteiger partial charge in [0.05, 0.1) is 18.4 Å². The fourth-order valence-corrected chi connectivity index (χ4v) is 2.12. The van der Waals surface area contributed by atoms with Crippen LogP contribution in [-0.4, -0.2) is 19.6 Å². The number of carbonyl (C=O) groups is 1. The number of anilines is 2. The molecule has 0 saturated carbocycles. The first-order valence-electron chi connectivity index (χ1n) is 6.58. The predicted octanol–water partition coefficient (Wildman–Crippen LogP) is 3.08. The molecule has 0 unspecified atom stereocenters. The molecule has 2 aromatic rings. The summed E-state index contributed by atoms with van der Waals surface area (Å²) in [5, 5.41) is 0. The first kappa shape index (κ1) is 14.8. The first-order valence-corrected chi connectivity index (χ1v) is 6.58. The molecule has 0 bridgehead atoms. The second-order valence-electron chi connectivity index (χ2n) is 4.45. The lowest BCUT2D eigenvalue weighted by atomic mass is 10.1. The molecule has 0 aliphatic carbocycles. The summed E-state index contributed by atoms with van der Waals surface area (Å²) in [6, 6.07) is 10.8. The van der Waals surface area contributed by atoms with E-state index in [-0.39, 0.29) is 11.7 Å². The van der Waals surface area contributed by atoms with Gasteiger partial charge in [-0.3, -0.25) is 4.79 Å². The molecule has 21 heavy (non-hydrogen) atoms. The summed E-state index contributed by atoms with van der Waals surface area (Å²) in [5.74, 6) is -0.139. The number of nitrogen functional groups attached to an aromatic ring is 1. The van der Waals surface area contributed by atoms with Crippen molar-refractivity contribution in [2.75, 3.05) is 24.3 Å². The third kappa shape index (κ3) is 2.97. The number of para-hydroxylation sites is 1. The van der Waals surface area contributed by atoms with Crippen molar-refractivity contribution >= 4 is 17.3 Å². The highest BCUT2D eigenvalue weighted by Gasteiger charge is 2.20. The topological polar surface area (TPSA) is 55.6 Å². The molecule has 2 rings (SSSR count). The minimum atomic E-state index is -0.344. The van der Waals surface area contributed by atoms with Crippen molar-refractivity contribution in [1.82, 2.24) is 0 Å². The second-order valence-corrected chi connectivity index (χ2v) is 4.45. The Bertz CT molecular complexity index is 641. The largest absolute Gasteiger partial charge is 0.495 e. The van der Waals surface area contributed by atoms with Crippen LogP contribution < -0.4 is 15.4 Å². The van der Waals surface area contributed by atoms with Crippen LogP contribution in [0, 0.1) is 5.82 Å². The maximum atomic E-state index is 13.0. The second kappa shape index (κ2) is 6.26. The lowest BCUT2D eigenvalue weighted by Crippen LogP contribution is -2.31. The number of rotatable bonds is 4. The van der Waals surface area contributed by atoms with E-state index >= 15 is 0 Å². The van der Waals surface area contributed by atoms with Gasteiger partial charge in [0, 0.05) is 12.2 Å². The molecule has 0 aliphatic rings. The molecular formula is C16H17FN2O2. The number of methoxy groups -OCH3 is 1. The van der Waals surface area contributed by atoms with Crippen LogP contribution in [0.5, 0.6) is 5.75 Å². The van der Waals surface area contributed by atoms with Crippen molar-refractivity contribution in [3.63, 3.8) is 0 Å². The zero-order chi connectivity index (χ0) is 15.4. The Morgan fingerprint density at radius 3 is 2.48 bits per heavy atom. The van der Waals surface area contributed by atoms with E-state index in [9.17, 15) is 9.18 Å². The predicted molar refractivity (Wildman–Crippen MR) is 81.2 cm³/mol. The Morgan fingerprint density at radius 2 is 1.90 bits per heavy atom. The maximum Gasteiger partial charge on any atom is 0.260 e. The normalized spacial score (nSPS) is 10.2. The number of amides is 1. The van der Waals surface area contributed by atoms with Gasteiger partial charge in [-0.1, -0.05) is 6.07 Å². The molecule has 0 radical (unpaired) electrons. The highest BCUT2D eigenvalue weighted by molar-refractivity contribution is 6.10. The zero-order valence-electron chi connectivity index (χ0n) is 12.0. The minimum absolute atomic E-state index is 0.250. The number of nitrogens with zero attached hydrogens (tertiary/aromatic N) is 1. The number of nitrogens with two attached hydrogens (primary N) is 1. The van der Waals surface area contributed by atoms with Gasteiger partial charge in [-0.15, -0.1) is 0 Å². The van der Waals surface area contributed by atoms with E-state index in [1.54, 1.807) is 30.3 Å². The van der Waals surface area contributed by atoms with Gasteiger partial charge >= 0.3 is 0 Å².